The largest absolute Gasteiger partial charge is 0.426 e. The number of nitrogens with zero attached hydrogens (tertiary/aromatic N) is 1. The number of rotatable bonds is 4. The van der Waals surface area contributed by atoms with E-state index in [0.717, 1.165) is 27.9 Å². The average molecular weight is 365 g/mol. The molecule has 1 saturated heterocycles. The zero-order valence-electron chi connectivity index (χ0n) is 16.7. The number of aryl methyl sites for hydroxylation is 3. The number of benzene rings is 2. The molecule has 1 heterocycles. The van der Waals surface area contributed by atoms with E-state index in [1.807, 2.05) is 51.1 Å². The van der Waals surface area contributed by atoms with Crippen molar-refractivity contribution in [3.8, 4) is 5.75 Å². The number of anilines is 1. The highest BCUT2D eigenvalue weighted by Gasteiger charge is 2.37. The zero-order valence-corrected chi connectivity index (χ0v) is 16.7. The highest BCUT2D eigenvalue weighted by atomic mass is 16.5. The summed E-state index contributed by atoms with van der Waals surface area (Å²) in [4.78, 5) is 27.0. The van der Waals surface area contributed by atoms with Crippen molar-refractivity contribution in [1.82, 2.24) is 0 Å². The van der Waals surface area contributed by atoms with Crippen LogP contribution in [0.3, 0.4) is 0 Å². The first-order valence-corrected chi connectivity index (χ1v) is 9.46. The van der Waals surface area contributed by atoms with Gasteiger partial charge in [0, 0.05) is 18.7 Å². The predicted octanol–water partition coefficient (Wildman–Crippen LogP) is 4.69. The Hall–Kier alpha value is -2.62. The first-order chi connectivity index (χ1) is 12.8. The van der Waals surface area contributed by atoms with Crippen LogP contribution in [0.4, 0.5) is 5.69 Å². The molecule has 2 aromatic carbocycles. The fraction of sp³-hybridized carbons (Fsp3) is 0.391. The maximum absolute atomic E-state index is 12.8. The maximum Gasteiger partial charge on any atom is 0.316 e. The van der Waals surface area contributed by atoms with Gasteiger partial charge in [-0.1, -0.05) is 43.7 Å². The number of esters is 1. The van der Waals surface area contributed by atoms with E-state index < -0.39 is 5.92 Å². The summed E-state index contributed by atoms with van der Waals surface area (Å²) in [5.74, 6) is 0.0526. The molecule has 1 aliphatic heterocycles. The lowest BCUT2D eigenvalue weighted by Gasteiger charge is -2.19. The molecule has 3 rings (SSSR count). The molecule has 0 N–H and O–H groups in total. The van der Waals surface area contributed by atoms with Crippen molar-refractivity contribution in [2.75, 3.05) is 11.4 Å². The van der Waals surface area contributed by atoms with Crippen LogP contribution in [0.1, 0.15) is 48.4 Å². The summed E-state index contributed by atoms with van der Waals surface area (Å²) in [5.41, 5.74) is 5.11. The van der Waals surface area contributed by atoms with E-state index in [0.29, 0.717) is 12.3 Å². The summed E-state index contributed by atoms with van der Waals surface area (Å²) in [6, 6.07) is 11.9. The smallest absolute Gasteiger partial charge is 0.316 e. The monoisotopic (exact) mass is 365 g/mol. The van der Waals surface area contributed by atoms with Gasteiger partial charge in [0.25, 0.3) is 0 Å². The number of ether oxygens (including phenoxy) is 1. The van der Waals surface area contributed by atoms with Crippen LogP contribution < -0.4 is 9.64 Å². The fourth-order valence-electron chi connectivity index (χ4n) is 3.61. The van der Waals surface area contributed by atoms with Crippen LogP contribution in [0.2, 0.25) is 0 Å². The summed E-state index contributed by atoms with van der Waals surface area (Å²) in [6.07, 6.45) is 0.189. The van der Waals surface area contributed by atoms with E-state index in [1.54, 1.807) is 4.90 Å². The third-order valence-electron chi connectivity index (χ3n) is 5.10. The highest BCUT2D eigenvalue weighted by molar-refractivity contribution is 6.00. The van der Waals surface area contributed by atoms with Gasteiger partial charge in [0.2, 0.25) is 5.91 Å². The molecule has 0 radical (unpaired) electrons. The first kappa shape index (κ1) is 19.2. The van der Waals surface area contributed by atoms with E-state index in [9.17, 15) is 9.59 Å². The molecule has 0 aliphatic carbocycles. The molecule has 4 nitrogen and oxygen atoms in total. The van der Waals surface area contributed by atoms with Crippen LogP contribution in [-0.4, -0.2) is 18.4 Å². The van der Waals surface area contributed by atoms with Gasteiger partial charge in [0.15, 0.2) is 0 Å². The number of carbonyl (C=O) groups excluding carboxylic acids is 2. The first-order valence-electron chi connectivity index (χ1n) is 9.46. The summed E-state index contributed by atoms with van der Waals surface area (Å²) in [5, 5.41) is 0. The van der Waals surface area contributed by atoms with Crippen LogP contribution in [0.5, 0.6) is 5.75 Å². The summed E-state index contributed by atoms with van der Waals surface area (Å²) in [6.45, 7) is 10.5. The Labute approximate surface area is 161 Å². The van der Waals surface area contributed by atoms with Crippen molar-refractivity contribution in [2.45, 2.75) is 47.0 Å². The number of amides is 1. The Morgan fingerprint density at radius 3 is 2.41 bits per heavy atom. The minimum atomic E-state index is -0.446. The van der Waals surface area contributed by atoms with Gasteiger partial charge in [-0.05, 0) is 55.5 Å². The molecule has 27 heavy (non-hydrogen) atoms. The van der Waals surface area contributed by atoms with Gasteiger partial charge in [-0.25, -0.2) is 0 Å². The van der Waals surface area contributed by atoms with Crippen molar-refractivity contribution >= 4 is 17.6 Å². The maximum atomic E-state index is 12.8. The Bertz CT molecular complexity index is 885. The summed E-state index contributed by atoms with van der Waals surface area (Å²) in [7, 11) is 0. The number of hydrogen-bond acceptors (Lipinski definition) is 3. The molecular weight excluding hydrogens is 338 g/mol. The van der Waals surface area contributed by atoms with Crippen LogP contribution in [-0.2, 0) is 9.59 Å². The molecule has 2 aromatic rings. The molecule has 1 amide bonds. The van der Waals surface area contributed by atoms with E-state index in [1.165, 1.54) is 0 Å². The van der Waals surface area contributed by atoms with Gasteiger partial charge >= 0.3 is 5.97 Å². The van der Waals surface area contributed by atoms with Gasteiger partial charge in [-0.3, -0.25) is 9.59 Å². The molecule has 0 aromatic heterocycles. The molecule has 0 unspecified atom stereocenters. The fourth-order valence-corrected chi connectivity index (χ4v) is 3.61. The standard InChI is InChI=1S/C23H27NO3/c1-14(2)19-8-6-16(4)11-21(19)27-23(26)18-12-22(25)24(13-18)20-9-7-15(3)10-17(20)5/h6-11,14,18H,12-13H2,1-5H3/t18-/m1/s1. The molecule has 1 atom stereocenters. The molecular formula is C23H27NO3. The van der Waals surface area contributed by atoms with Crippen LogP contribution >= 0.6 is 0 Å². The molecule has 142 valence electrons. The van der Waals surface area contributed by atoms with E-state index in [4.69, 9.17) is 4.74 Å². The minimum absolute atomic E-state index is 0.0303. The van der Waals surface area contributed by atoms with Crippen LogP contribution in [0, 0.1) is 26.7 Å². The minimum Gasteiger partial charge on any atom is -0.426 e. The Morgan fingerprint density at radius 2 is 1.74 bits per heavy atom. The van der Waals surface area contributed by atoms with E-state index >= 15 is 0 Å². The van der Waals surface area contributed by atoms with Gasteiger partial charge in [-0.2, -0.15) is 0 Å². The van der Waals surface area contributed by atoms with Crippen LogP contribution in [0.15, 0.2) is 36.4 Å². The van der Waals surface area contributed by atoms with Gasteiger partial charge in [0.05, 0.1) is 5.92 Å². The zero-order chi connectivity index (χ0) is 19.7. The topological polar surface area (TPSA) is 46.6 Å². The van der Waals surface area contributed by atoms with Crippen molar-refractivity contribution in [3.05, 3.63) is 58.7 Å². The Balaban J connectivity index is 1.78. The highest BCUT2D eigenvalue weighted by Crippen LogP contribution is 2.32. The van der Waals surface area contributed by atoms with Gasteiger partial charge in [-0.15, -0.1) is 0 Å². The van der Waals surface area contributed by atoms with E-state index in [2.05, 4.69) is 19.9 Å². The van der Waals surface area contributed by atoms with Crippen molar-refractivity contribution in [3.63, 3.8) is 0 Å². The average Bonchev–Trinajstić information content (AvgIpc) is 2.96. The van der Waals surface area contributed by atoms with Gasteiger partial charge in [0.1, 0.15) is 5.75 Å². The lowest BCUT2D eigenvalue weighted by molar-refractivity contribution is -0.139. The second kappa shape index (κ2) is 7.55. The van der Waals surface area contributed by atoms with Crippen molar-refractivity contribution in [2.24, 2.45) is 5.92 Å². The van der Waals surface area contributed by atoms with E-state index in [-0.39, 0.29) is 24.2 Å². The second-order valence-electron chi connectivity index (χ2n) is 7.81. The van der Waals surface area contributed by atoms with Crippen molar-refractivity contribution < 1.29 is 14.3 Å². The summed E-state index contributed by atoms with van der Waals surface area (Å²) < 4.78 is 5.74. The van der Waals surface area contributed by atoms with Crippen molar-refractivity contribution in [1.29, 1.82) is 0 Å². The second-order valence-corrected chi connectivity index (χ2v) is 7.81. The van der Waals surface area contributed by atoms with Gasteiger partial charge < -0.3 is 9.64 Å². The summed E-state index contributed by atoms with van der Waals surface area (Å²) >= 11 is 0. The molecule has 1 aliphatic rings. The molecule has 4 heteroatoms. The Kier molecular flexibility index (Phi) is 5.36. The normalized spacial score (nSPS) is 16.9. The lowest BCUT2D eigenvalue weighted by Crippen LogP contribution is -2.28. The lowest BCUT2D eigenvalue weighted by atomic mass is 10.0. The quantitative estimate of drug-likeness (QED) is 0.583. The number of carbonyl (C=O) groups is 2. The van der Waals surface area contributed by atoms with Crippen LogP contribution in [0.25, 0.3) is 0 Å². The third-order valence-corrected chi connectivity index (χ3v) is 5.10. The number of hydrogen-bond donors (Lipinski definition) is 0. The SMILES string of the molecule is Cc1ccc(N2C[C@H](C(=O)Oc3cc(C)ccc3C(C)C)CC2=O)c(C)c1. The molecule has 0 saturated carbocycles. The predicted molar refractivity (Wildman–Crippen MR) is 107 cm³/mol. The third kappa shape index (κ3) is 4.05. The molecule has 0 spiro atoms. The Morgan fingerprint density at radius 1 is 1.07 bits per heavy atom. The molecule has 0 bridgehead atoms. The molecule has 1 fully saturated rings.